The number of benzene rings is 4. The summed E-state index contributed by atoms with van der Waals surface area (Å²) in [4.78, 5) is 95.6. The maximum Gasteiger partial charge on any atom is 0.514 e. The summed E-state index contributed by atoms with van der Waals surface area (Å²) >= 11 is 0. The predicted octanol–water partition coefficient (Wildman–Crippen LogP) is 7.17. The van der Waals surface area contributed by atoms with Crippen LogP contribution in [0.15, 0.2) is 84.9 Å². The molecule has 0 aromatic heterocycles. The van der Waals surface area contributed by atoms with Crippen molar-refractivity contribution in [3.05, 3.63) is 138 Å². The normalized spacial score (nSPS) is 17.7. The van der Waals surface area contributed by atoms with Crippen LogP contribution >= 0.6 is 0 Å². The fourth-order valence-electron chi connectivity index (χ4n) is 6.67. The number of carbonyl (C=O) groups is 5. The molecule has 6 unspecified atom stereocenters. The van der Waals surface area contributed by atoms with E-state index in [0.717, 1.165) is 44.4 Å². The van der Waals surface area contributed by atoms with Gasteiger partial charge in [-0.25, -0.2) is 14.4 Å². The molecule has 0 N–H and O–H groups in total. The quantitative estimate of drug-likeness (QED) is 0.0238. The zero-order valence-corrected chi connectivity index (χ0v) is 36.5. The predicted molar refractivity (Wildman–Crippen MR) is 229 cm³/mol. The lowest BCUT2D eigenvalue weighted by molar-refractivity contribution is -0.387. The van der Waals surface area contributed by atoms with Gasteiger partial charge in [0.05, 0.1) is 34.7 Å². The lowest BCUT2D eigenvalue weighted by atomic mass is 9.83. The third-order valence-electron chi connectivity index (χ3n) is 10.3. The van der Waals surface area contributed by atoms with Crippen LogP contribution in [0.4, 0.5) is 26.7 Å². The largest absolute Gasteiger partial charge is 0.514 e. The molecule has 1 saturated heterocycles. The van der Waals surface area contributed by atoms with Gasteiger partial charge in [0.15, 0.2) is 18.0 Å². The van der Waals surface area contributed by atoms with Gasteiger partial charge in [-0.05, 0) is 59.0 Å². The van der Waals surface area contributed by atoms with Crippen molar-refractivity contribution in [2.45, 2.75) is 71.4 Å². The molecule has 1 heterocycles. The van der Waals surface area contributed by atoms with Crippen LogP contribution in [0, 0.1) is 54.5 Å². The molecule has 68 heavy (non-hydrogen) atoms. The average Bonchev–Trinajstić information content (AvgIpc) is 3.30. The van der Waals surface area contributed by atoms with Gasteiger partial charge >= 0.3 is 35.9 Å². The van der Waals surface area contributed by atoms with Crippen LogP contribution in [0.3, 0.4) is 0 Å². The zero-order valence-electron chi connectivity index (χ0n) is 36.5. The summed E-state index contributed by atoms with van der Waals surface area (Å²) in [6.07, 6.45) is -2.53. The molecule has 4 aromatic carbocycles. The average molecular weight is 944 g/mol. The summed E-state index contributed by atoms with van der Waals surface area (Å²) in [6, 6.07) is 17.1. The molecular weight excluding hydrogens is 902 g/mol. The Hall–Kier alpha value is -8.65. The summed E-state index contributed by atoms with van der Waals surface area (Å²) in [5.41, 5.74) is -0.304. The smallest absolute Gasteiger partial charge is 0.467 e. The molecule has 6 atom stereocenters. The molecule has 0 bridgehead atoms. The van der Waals surface area contributed by atoms with Crippen molar-refractivity contribution in [3.8, 4) is 29.6 Å². The second kappa shape index (κ2) is 23.0. The first-order chi connectivity index (χ1) is 32.4. The standard InChI is InChI=1S/C45H41N3O20/c1-6-7-37(30-10-19-38(36(21-30)48(58)59)67-43-41(63-27(4)49)26(3)25(2)40(68-43)42(51)60-5)66-39(50)22-29-9-8-28(23-61-44(52)64-34-15-11-32(12-16-34)46(54)55)20-31(29)24-62-45(53)65-35-17-13-33(14-18-35)47(56)57/h1,8-21,25-26,37,40-41,43H,7,22-24H2,2-5H3. The van der Waals surface area contributed by atoms with E-state index in [1.807, 2.05) is 0 Å². The van der Waals surface area contributed by atoms with Crippen molar-refractivity contribution in [3.63, 3.8) is 0 Å². The van der Waals surface area contributed by atoms with Crippen molar-refractivity contribution in [1.82, 2.24) is 0 Å². The minimum Gasteiger partial charge on any atom is -0.467 e. The monoisotopic (exact) mass is 943 g/mol. The Morgan fingerprint density at radius 3 is 1.87 bits per heavy atom. The Labute approximate surface area is 385 Å². The van der Waals surface area contributed by atoms with Crippen molar-refractivity contribution >= 4 is 47.3 Å². The summed E-state index contributed by atoms with van der Waals surface area (Å²) in [7, 11) is 1.16. The Balaban J connectivity index is 1.34. The van der Waals surface area contributed by atoms with Crippen LogP contribution in [0.25, 0.3) is 0 Å². The highest BCUT2D eigenvalue weighted by Gasteiger charge is 2.48. The second-order valence-corrected chi connectivity index (χ2v) is 14.8. The van der Waals surface area contributed by atoms with E-state index in [2.05, 4.69) is 5.92 Å². The highest BCUT2D eigenvalue weighted by molar-refractivity contribution is 5.75. The van der Waals surface area contributed by atoms with Crippen LogP contribution in [-0.4, -0.2) is 70.6 Å². The molecule has 0 saturated carbocycles. The number of ether oxygens (including phenoxy) is 9. The minimum absolute atomic E-state index is 0.0416. The topological polar surface area (TPSA) is 298 Å². The van der Waals surface area contributed by atoms with Crippen LogP contribution < -0.4 is 14.2 Å². The van der Waals surface area contributed by atoms with Crippen molar-refractivity contribution < 1.29 is 81.4 Å². The molecule has 0 aliphatic carbocycles. The molecule has 23 heteroatoms. The van der Waals surface area contributed by atoms with E-state index < -0.39 is 107 Å². The maximum absolute atomic E-state index is 13.6. The lowest BCUT2D eigenvalue weighted by Gasteiger charge is -2.42. The maximum atomic E-state index is 13.6. The first-order valence-electron chi connectivity index (χ1n) is 20.1. The fourth-order valence-corrected chi connectivity index (χ4v) is 6.67. The molecule has 1 fully saturated rings. The van der Waals surface area contributed by atoms with E-state index in [1.165, 1.54) is 54.6 Å². The number of methoxy groups -OCH3 is 1. The molecule has 356 valence electrons. The van der Waals surface area contributed by atoms with Gasteiger partial charge in [-0.3, -0.25) is 39.9 Å². The number of esters is 3. The molecular formula is C45H41N3O20. The summed E-state index contributed by atoms with van der Waals surface area (Å²) in [5.74, 6) is -1.48. The first-order valence-corrected chi connectivity index (χ1v) is 20.1. The zero-order chi connectivity index (χ0) is 49.7. The van der Waals surface area contributed by atoms with Gasteiger partial charge in [-0.2, -0.15) is 0 Å². The minimum atomic E-state index is -1.49. The number of carbonyl (C=O) groups excluding carboxylic acids is 5. The Morgan fingerprint density at radius 2 is 1.34 bits per heavy atom. The van der Waals surface area contributed by atoms with Crippen LogP contribution in [0.5, 0.6) is 17.2 Å². The van der Waals surface area contributed by atoms with Gasteiger partial charge in [0.25, 0.3) is 11.4 Å². The first kappa shape index (κ1) is 50.4. The van der Waals surface area contributed by atoms with Crippen LogP contribution in [0.2, 0.25) is 0 Å². The molecule has 23 nitrogen and oxygen atoms in total. The highest BCUT2D eigenvalue weighted by Crippen LogP contribution is 2.38. The van der Waals surface area contributed by atoms with Crippen molar-refractivity contribution in [2.24, 2.45) is 11.8 Å². The number of rotatable bonds is 18. The molecule has 0 spiro atoms. The molecule has 1 aliphatic heterocycles. The summed E-state index contributed by atoms with van der Waals surface area (Å²) in [5, 5.41) is 34.4. The number of hydrogen-bond donors (Lipinski definition) is 0. The molecule has 0 radical (unpaired) electrons. The Bertz CT molecular complexity index is 2590. The lowest BCUT2D eigenvalue weighted by Crippen LogP contribution is -2.55. The van der Waals surface area contributed by atoms with E-state index in [4.69, 9.17) is 49.1 Å². The molecule has 1 aliphatic rings. The van der Waals surface area contributed by atoms with E-state index in [1.54, 1.807) is 13.8 Å². The SMILES string of the molecule is C#CCC(OC(=O)Cc1ccc(COC(=O)Oc2ccc([N+](=O)[O-])cc2)cc1COC(=O)Oc1ccc([N+](=O)[O-])cc1)c1ccc(OC2OC(C(=O)OC)C(C)C(C)C2OC(C)=O)c([N+](=O)[O-])c1. The Morgan fingerprint density at radius 1 is 0.750 bits per heavy atom. The van der Waals surface area contributed by atoms with Crippen molar-refractivity contribution in [1.29, 1.82) is 0 Å². The van der Waals surface area contributed by atoms with E-state index in [0.29, 0.717) is 5.56 Å². The van der Waals surface area contributed by atoms with Gasteiger partial charge in [0.1, 0.15) is 30.8 Å². The van der Waals surface area contributed by atoms with Gasteiger partial charge < -0.3 is 42.6 Å². The molecule has 4 aromatic rings. The number of hydrogen-bond acceptors (Lipinski definition) is 20. The van der Waals surface area contributed by atoms with E-state index in [9.17, 15) is 54.3 Å². The number of non-ortho nitro benzene ring substituents is 2. The highest BCUT2D eigenvalue weighted by atomic mass is 16.7. The Kier molecular flexibility index (Phi) is 17.0. The van der Waals surface area contributed by atoms with Gasteiger partial charge in [0, 0.05) is 48.7 Å². The van der Waals surface area contributed by atoms with Gasteiger partial charge in [-0.15, -0.1) is 12.3 Å². The van der Waals surface area contributed by atoms with E-state index >= 15 is 0 Å². The number of nitrogens with zero attached hydrogens (tertiary/aromatic N) is 3. The molecule has 0 amide bonds. The molecule has 5 rings (SSSR count). The van der Waals surface area contributed by atoms with Gasteiger partial charge in [0.2, 0.25) is 6.29 Å². The summed E-state index contributed by atoms with van der Waals surface area (Å²) in [6.45, 7) is 3.59. The second-order valence-electron chi connectivity index (χ2n) is 14.8. The van der Waals surface area contributed by atoms with Crippen LogP contribution in [-0.2, 0) is 62.4 Å². The van der Waals surface area contributed by atoms with E-state index in [-0.39, 0.29) is 51.7 Å². The van der Waals surface area contributed by atoms with Gasteiger partial charge in [-0.1, -0.05) is 32.0 Å². The number of nitro groups is 3. The third-order valence-corrected chi connectivity index (χ3v) is 10.3. The third kappa shape index (κ3) is 13.5. The van der Waals surface area contributed by atoms with Crippen molar-refractivity contribution in [2.75, 3.05) is 7.11 Å². The number of nitro benzene ring substituents is 3. The summed E-state index contributed by atoms with van der Waals surface area (Å²) < 4.78 is 48.4. The fraction of sp³-hybridized carbons (Fsp3) is 0.311. The van der Waals surface area contributed by atoms with Crippen LogP contribution in [0.1, 0.15) is 55.5 Å². The number of terminal acetylenes is 1.